The van der Waals surface area contributed by atoms with Gasteiger partial charge in [0.05, 0.1) is 16.7 Å². The van der Waals surface area contributed by atoms with E-state index in [2.05, 4.69) is 0 Å². The molecule has 0 amide bonds. The van der Waals surface area contributed by atoms with Crippen molar-refractivity contribution in [3.05, 3.63) is 94.3 Å². The van der Waals surface area contributed by atoms with Crippen LogP contribution < -0.4 is 5.73 Å². The lowest BCUT2D eigenvalue weighted by Gasteiger charge is -2.15. The molecule has 0 bridgehead atoms. The Bertz CT molecular complexity index is 1140. The number of nitrogens with two attached hydrogens (primary N) is 1. The molecule has 0 aliphatic heterocycles. The van der Waals surface area contributed by atoms with Crippen LogP contribution in [0.3, 0.4) is 0 Å². The first-order chi connectivity index (χ1) is 15.6. The van der Waals surface area contributed by atoms with Crippen molar-refractivity contribution in [3.63, 3.8) is 0 Å². The van der Waals surface area contributed by atoms with Crippen molar-refractivity contribution in [1.29, 1.82) is 0 Å². The molecule has 3 rings (SSSR count). The van der Waals surface area contributed by atoms with E-state index >= 15 is 0 Å². The Balaban J connectivity index is 0.000000240. The maximum Gasteiger partial charge on any atom is 0.416 e. The molecule has 0 aromatic heterocycles. The van der Waals surface area contributed by atoms with Crippen LogP contribution in [0.15, 0.2) is 60.7 Å². The molecular formula is C24H20F7NO2. The van der Waals surface area contributed by atoms with Gasteiger partial charge in [-0.2, -0.15) is 26.3 Å². The second-order valence-corrected chi connectivity index (χ2v) is 7.44. The molecule has 0 spiro atoms. The van der Waals surface area contributed by atoms with Gasteiger partial charge in [-0.25, -0.2) is 9.18 Å². The van der Waals surface area contributed by atoms with Crippen molar-refractivity contribution in [2.24, 2.45) is 5.73 Å². The van der Waals surface area contributed by atoms with Crippen LogP contribution in [-0.4, -0.2) is 11.1 Å². The average molecular weight is 487 g/mol. The number of hydrogen-bond acceptors (Lipinski definition) is 2. The van der Waals surface area contributed by atoms with Crippen molar-refractivity contribution < 1.29 is 40.6 Å². The van der Waals surface area contributed by atoms with Gasteiger partial charge in [-0.15, -0.1) is 0 Å². The topological polar surface area (TPSA) is 63.3 Å². The third-order valence-corrected chi connectivity index (χ3v) is 4.77. The van der Waals surface area contributed by atoms with Gasteiger partial charge < -0.3 is 10.8 Å². The fourth-order valence-electron chi connectivity index (χ4n) is 3.08. The van der Waals surface area contributed by atoms with Crippen LogP contribution in [0.1, 0.15) is 45.6 Å². The number of rotatable bonds is 3. The van der Waals surface area contributed by atoms with Crippen LogP contribution in [-0.2, 0) is 12.4 Å². The molecule has 1 unspecified atom stereocenters. The molecule has 10 heteroatoms. The highest BCUT2D eigenvalue weighted by Gasteiger charge is 2.37. The number of alkyl halides is 6. The van der Waals surface area contributed by atoms with Crippen LogP contribution in [0.5, 0.6) is 0 Å². The van der Waals surface area contributed by atoms with E-state index in [1.807, 2.05) is 0 Å². The number of halogens is 7. The van der Waals surface area contributed by atoms with Crippen LogP contribution >= 0.6 is 0 Å². The smallest absolute Gasteiger partial charge is 0.416 e. The van der Waals surface area contributed by atoms with E-state index in [1.54, 1.807) is 37.3 Å². The van der Waals surface area contributed by atoms with Crippen molar-refractivity contribution >= 4 is 5.97 Å². The second-order valence-electron chi connectivity index (χ2n) is 7.44. The zero-order chi connectivity index (χ0) is 25.8. The molecule has 0 saturated carbocycles. The summed E-state index contributed by atoms with van der Waals surface area (Å²) in [4.78, 5) is 11.1. The minimum atomic E-state index is -4.83. The van der Waals surface area contributed by atoms with E-state index in [0.717, 1.165) is 11.1 Å². The van der Waals surface area contributed by atoms with Gasteiger partial charge in [0.25, 0.3) is 0 Å². The lowest BCUT2D eigenvalue weighted by Crippen LogP contribution is -2.14. The predicted octanol–water partition coefficient (Wildman–Crippen LogP) is 7.24. The van der Waals surface area contributed by atoms with E-state index < -0.39 is 35.5 Å². The number of hydrogen-bond donors (Lipinski definition) is 2. The third-order valence-electron chi connectivity index (χ3n) is 4.77. The van der Waals surface area contributed by atoms with E-state index in [0.29, 0.717) is 17.7 Å². The molecule has 0 aliphatic carbocycles. The van der Waals surface area contributed by atoms with Gasteiger partial charge in [-0.05, 0) is 72.5 Å². The molecule has 3 aromatic carbocycles. The van der Waals surface area contributed by atoms with Crippen molar-refractivity contribution in [2.45, 2.75) is 32.2 Å². The van der Waals surface area contributed by atoms with Crippen LogP contribution in [0.4, 0.5) is 30.7 Å². The van der Waals surface area contributed by atoms with Gasteiger partial charge in [-0.1, -0.05) is 24.3 Å². The Morgan fingerprint density at radius 2 is 1.38 bits per heavy atom. The van der Waals surface area contributed by atoms with Gasteiger partial charge in [0.2, 0.25) is 0 Å². The Labute approximate surface area is 190 Å². The lowest BCUT2D eigenvalue weighted by molar-refractivity contribution is -0.143. The molecule has 0 heterocycles. The zero-order valence-corrected chi connectivity index (χ0v) is 17.9. The Hall–Kier alpha value is -3.40. The van der Waals surface area contributed by atoms with Gasteiger partial charge >= 0.3 is 18.3 Å². The summed E-state index contributed by atoms with van der Waals surface area (Å²) in [7, 11) is 0. The Morgan fingerprint density at radius 3 is 1.82 bits per heavy atom. The maximum absolute atomic E-state index is 13.0. The summed E-state index contributed by atoms with van der Waals surface area (Å²) < 4.78 is 87.4. The number of carbonyl (C=O) groups is 1. The summed E-state index contributed by atoms with van der Waals surface area (Å²) in [6, 6.07) is 11.5. The minimum Gasteiger partial charge on any atom is -0.478 e. The number of benzene rings is 3. The first-order valence-electron chi connectivity index (χ1n) is 9.75. The maximum atomic E-state index is 13.0. The zero-order valence-electron chi connectivity index (χ0n) is 17.9. The molecule has 34 heavy (non-hydrogen) atoms. The molecule has 0 aliphatic rings. The molecule has 3 N–H and O–H groups in total. The monoisotopic (exact) mass is 487 g/mol. The van der Waals surface area contributed by atoms with Crippen LogP contribution in [0, 0.1) is 12.7 Å². The van der Waals surface area contributed by atoms with Gasteiger partial charge in [0, 0.05) is 6.04 Å². The van der Waals surface area contributed by atoms with Crippen molar-refractivity contribution in [2.75, 3.05) is 0 Å². The van der Waals surface area contributed by atoms with Crippen LogP contribution in [0.25, 0.3) is 11.1 Å². The fraction of sp³-hybridized carbons (Fsp3) is 0.208. The molecular weight excluding hydrogens is 467 g/mol. The van der Waals surface area contributed by atoms with E-state index in [9.17, 15) is 35.5 Å². The van der Waals surface area contributed by atoms with E-state index in [4.69, 9.17) is 10.8 Å². The van der Waals surface area contributed by atoms with Gasteiger partial charge in [-0.3, -0.25) is 0 Å². The highest BCUT2D eigenvalue weighted by Crippen LogP contribution is 2.37. The number of aryl methyl sites for hydroxylation is 1. The summed E-state index contributed by atoms with van der Waals surface area (Å²) in [6.07, 6.45) is -9.66. The third kappa shape index (κ3) is 6.80. The molecule has 0 saturated heterocycles. The lowest BCUT2D eigenvalue weighted by atomic mass is 9.96. The van der Waals surface area contributed by atoms with Crippen LogP contribution in [0.2, 0.25) is 0 Å². The quantitative estimate of drug-likeness (QED) is 0.383. The first kappa shape index (κ1) is 26.8. The molecule has 3 aromatic rings. The largest absolute Gasteiger partial charge is 0.478 e. The fourth-order valence-corrected chi connectivity index (χ4v) is 3.08. The minimum absolute atomic E-state index is 0.0753. The summed E-state index contributed by atoms with van der Waals surface area (Å²) in [5.41, 5.74) is 4.70. The molecule has 0 radical (unpaired) electrons. The summed E-state index contributed by atoms with van der Waals surface area (Å²) in [6.45, 7) is 3.08. The normalized spacial score (nSPS) is 12.5. The summed E-state index contributed by atoms with van der Waals surface area (Å²) in [5.74, 6) is -1.30. The molecule has 3 nitrogen and oxygen atoms in total. The highest BCUT2D eigenvalue weighted by molar-refractivity contribution is 5.96. The molecule has 1 atom stereocenters. The Morgan fingerprint density at radius 1 is 0.853 bits per heavy atom. The summed E-state index contributed by atoms with van der Waals surface area (Å²) in [5, 5.41) is 9.10. The van der Waals surface area contributed by atoms with E-state index in [1.165, 1.54) is 19.1 Å². The van der Waals surface area contributed by atoms with Crippen molar-refractivity contribution in [3.8, 4) is 11.1 Å². The van der Waals surface area contributed by atoms with Crippen molar-refractivity contribution in [1.82, 2.24) is 0 Å². The van der Waals surface area contributed by atoms with Gasteiger partial charge in [0.15, 0.2) is 0 Å². The van der Waals surface area contributed by atoms with Gasteiger partial charge in [0.1, 0.15) is 5.82 Å². The SMILES string of the molecule is CC(N)c1cc(C(F)(F)F)cc(C(F)(F)F)c1.Cc1cc(F)ccc1-c1ccccc1C(=O)O. The first-order valence-corrected chi connectivity index (χ1v) is 9.75. The summed E-state index contributed by atoms with van der Waals surface area (Å²) >= 11 is 0. The predicted molar refractivity (Wildman–Crippen MR) is 113 cm³/mol. The number of carboxylic acids is 1. The molecule has 182 valence electrons. The standard InChI is InChI=1S/C14H11FO2.C10H9F6N/c1-9-8-10(15)6-7-11(9)12-4-2-3-5-13(12)14(16)17;1-5(17)6-2-7(9(11,12)13)4-8(3-6)10(14,15)16/h2-8H,1H3,(H,16,17);2-5H,17H2,1H3. The van der Waals surface area contributed by atoms with E-state index in [-0.39, 0.29) is 23.0 Å². The molecule has 0 fully saturated rings. The highest BCUT2D eigenvalue weighted by atomic mass is 19.4. The average Bonchev–Trinajstić information content (AvgIpc) is 2.72. The second kappa shape index (κ2) is 10.3. The number of carboxylic acid groups (broad SMARTS) is 1. The number of aromatic carboxylic acids is 1. The Kier molecular flexibility index (Phi) is 8.09.